The predicted octanol–water partition coefficient (Wildman–Crippen LogP) is 2.82. The van der Waals surface area contributed by atoms with E-state index in [0.29, 0.717) is 5.76 Å². The Morgan fingerprint density at radius 1 is 1.38 bits per heavy atom. The maximum Gasteiger partial charge on any atom is 0.185 e. The van der Waals surface area contributed by atoms with Crippen molar-refractivity contribution in [1.29, 1.82) is 0 Å². The molecular formula is C11H14O2. The second-order valence-corrected chi connectivity index (χ2v) is 3.78. The predicted molar refractivity (Wildman–Crippen MR) is 49.8 cm³/mol. The molecule has 2 heteroatoms. The summed E-state index contributed by atoms with van der Waals surface area (Å²) in [6.45, 7) is 0. The van der Waals surface area contributed by atoms with E-state index in [4.69, 9.17) is 4.42 Å². The lowest BCUT2D eigenvalue weighted by Crippen LogP contribution is -1.96. The number of furan rings is 1. The highest BCUT2D eigenvalue weighted by Gasteiger charge is 2.16. The zero-order chi connectivity index (χ0) is 9.10. The van der Waals surface area contributed by atoms with E-state index in [9.17, 15) is 4.79 Å². The Hall–Kier alpha value is -1.05. The number of aldehydes is 1. The van der Waals surface area contributed by atoms with Gasteiger partial charge in [-0.2, -0.15) is 0 Å². The van der Waals surface area contributed by atoms with Gasteiger partial charge in [-0.3, -0.25) is 4.79 Å². The smallest absolute Gasteiger partial charge is 0.185 e. The van der Waals surface area contributed by atoms with Crippen molar-refractivity contribution < 1.29 is 9.21 Å². The van der Waals surface area contributed by atoms with E-state index in [1.807, 2.05) is 6.07 Å². The van der Waals surface area contributed by atoms with E-state index in [2.05, 4.69) is 0 Å². The van der Waals surface area contributed by atoms with Gasteiger partial charge < -0.3 is 4.42 Å². The van der Waals surface area contributed by atoms with Crippen LogP contribution < -0.4 is 0 Å². The van der Waals surface area contributed by atoms with E-state index in [1.165, 1.54) is 25.7 Å². The van der Waals surface area contributed by atoms with Crippen LogP contribution in [0.15, 0.2) is 16.5 Å². The molecule has 70 valence electrons. The third kappa shape index (κ3) is 2.00. The van der Waals surface area contributed by atoms with E-state index in [-0.39, 0.29) is 0 Å². The molecule has 0 saturated heterocycles. The Morgan fingerprint density at radius 2 is 2.15 bits per heavy atom. The lowest BCUT2D eigenvalue weighted by atomic mass is 10.0. The summed E-state index contributed by atoms with van der Waals surface area (Å²) in [7, 11) is 0. The summed E-state index contributed by atoms with van der Waals surface area (Å²) in [5, 5.41) is 0. The first-order chi connectivity index (χ1) is 6.38. The number of rotatable bonds is 3. The summed E-state index contributed by atoms with van der Waals surface area (Å²) in [6, 6.07) is 3.67. The Balaban J connectivity index is 1.96. The van der Waals surface area contributed by atoms with Crippen molar-refractivity contribution in [1.82, 2.24) is 0 Å². The fourth-order valence-corrected chi connectivity index (χ4v) is 2.07. The molecule has 1 aliphatic carbocycles. The van der Waals surface area contributed by atoms with Crippen molar-refractivity contribution in [2.24, 2.45) is 5.92 Å². The molecule has 2 rings (SSSR count). The molecule has 1 heterocycles. The molecule has 0 radical (unpaired) electrons. The molecule has 1 fully saturated rings. The largest absolute Gasteiger partial charge is 0.458 e. The van der Waals surface area contributed by atoms with E-state index < -0.39 is 0 Å². The lowest BCUT2D eigenvalue weighted by molar-refractivity contribution is 0.109. The van der Waals surface area contributed by atoms with Crippen molar-refractivity contribution in [3.63, 3.8) is 0 Å². The van der Waals surface area contributed by atoms with Gasteiger partial charge >= 0.3 is 0 Å². The molecule has 0 aliphatic heterocycles. The number of hydrogen-bond donors (Lipinski definition) is 0. The molecule has 0 bridgehead atoms. The van der Waals surface area contributed by atoms with Gasteiger partial charge in [0.05, 0.1) is 0 Å². The van der Waals surface area contributed by atoms with Gasteiger partial charge in [0.1, 0.15) is 5.76 Å². The SMILES string of the molecule is O=Cc1ccc(CC2CCCC2)o1. The zero-order valence-electron chi connectivity index (χ0n) is 7.66. The van der Waals surface area contributed by atoms with Crippen LogP contribution in [0.25, 0.3) is 0 Å². The first kappa shape index (κ1) is 8.54. The van der Waals surface area contributed by atoms with Crippen molar-refractivity contribution in [3.05, 3.63) is 23.7 Å². The van der Waals surface area contributed by atoms with Crippen LogP contribution in [0.3, 0.4) is 0 Å². The molecule has 1 aromatic rings. The molecule has 1 aromatic heterocycles. The molecular weight excluding hydrogens is 164 g/mol. The van der Waals surface area contributed by atoms with Gasteiger partial charge in [-0.05, 0) is 18.1 Å². The van der Waals surface area contributed by atoms with Gasteiger partial charge in [0.2, 0.25) is 0 Å². The van der Waals surface area contributed by atoms with Gasteiger partial charge in [0, 0.05) is 6.42 Å². The average Bonchev–Trinajstić information content (AvgIpc) is 2.76. The number of carbonyl (C=O) groups is 1. The van der Waals surface area contributed by atoms with Crippen molar-refractivity contribution in [2.75, 3.05) is 0 Å². The summed E-state index contributed by atoms with van der Waals surface area (Å²) < 4.78 is 5.33. The third-order valence-electron chi connectivity index (χ3n) is 2.76. The van der Waals surface area contributed by atoms with Crippen LogP contribution in [0.1, 0.15) is 42.0 Å². The maximum atomic E-state index is 10.4. The first-order valence-corrected chi connectivity index (χ1v) is 4.92. The zero-order valence-corrected chi connectivity index (χ0v) is 7.66. The molecule has 1 saturated carbocycles. The monoisotopic (exact) mass is 178 g/mol. The molecule has 0 spiro atoms. The maximum absolute atomic E-state index is 10.4. The fourth-order valence-electron chi connectivity index (χ4n) is 2.07. The summed E-state index contributed by atoms with van der Waals surface area (Å²) in [5.74, 6) is 2.20. The van der Waals surface area contributed by atoms with Crippen LogP contribution in [0.4, 0.5) is 0 Å². The summed E-state index contributed by atoms with van der Waals surface area (Å²) in [4.78, 5) is 10.4. The van der Waals surface area contributed by atoms with Crippen LogP contribution >= 0.6 is 0 Å². The minimum absolute atomic E-state index is 0.452. The van der Waals surface area contributed by atoms with Gasteiger partial charge in [0.15, 0.2) is 12.0 Å². The van der Waals surface area contributed by atoms with Gasteiger partial charge in [-0.1, -0.05) is 25.7 Å². The van der Waals surface area contributed by atoms with Crippen LogP contribution in [0, 0.1) is 5.92 Å². The molecule has 13 heavy (non-hydrogen) atoms. The summed E-state index contributed by atoms with van der Waals surface area (Å²) in [5.41, 5.74) is 0. The molecule has 0 amide bonds. The molecule has 0 aromatic carbocycles. The van der Waals surface area contributed by atoms with Crippen molar-refractivity contribution in [3.8, 4) is 0 Å². The molecule has 2 nitrogen and oxygen atoms in total. The van der Waals surface area contributed by atoms with Crippen molar-refractivity contribution in [2.45, 2.75) is 32.1 Å². The highest BCUT2D eigenvalue weighted by atomic mass is 16.3. The quantitative estimate of drug-likeness (QED) is 0.666. The van der Waals surface area contributed by atoms with Crippen molar-refractivity contribution >= 4 is 6.29 Å². The van der Waals surface area contributed by atoms with Gasteiger partial charge in [-0.25, -0.2) is 0 Å². The second-order valence-electron chi connectivity index (χ2n) is 3.78. The van der Waals surface area contributed by atoms with Crippen LogP contribution in [-0.2, 0) is 6.42 Å². The summed E-state index contributed by atoms with van der Waals surface area (Å²) >= 11 is 0. The molecule has 0 unspecified atom stereocenters. The van der Waals surface area contributed by atoms with Crippen LogP contribution in [0.2, 0.25) is 0 Å². The van der Waals surface area contributed by atoms with Gasteiger partial charge in [0.25, 0.3) is 0 Å². The molecule has 0 atom stereocenters. The lowest BCUT2D eigenvalue weighted by Gasteiger charge is -2.04. The van der Waals surface area contributed by atoms with E-state index >= 15 is 0 Å². The number of carbonyl (C=O) groups excluding carboxylic acids is 1. The third-order valence-corrected chi connectivity index (χ3v) is 2.76. The minimum Gasteiger partial charge on any atom is -0.458 e. The topological polar surface area (TPSA) is 30.2 Å². The van der Waals surface area contributed by atoms with Gasteiger partial charge in [-0.15, -0.1) is 0 Å². The van der Waals surface area contributed by atoms with E-state index in [0.717, 1.165) is 24.4 Å². The number of hydrogen-bond acceptors (Lipinski definition) is 2. The highest BCUT2D eigenvalue weighted by molar-refractivity contribution is 5.70. The normalized spacial score (nSPS) is 17.8. The second kappa shape index (κ2) is 3.77. The molecule has 0 N–H and O–H groups in total. The fraction of sp³-hybridized carbons (Fsp3) is 0.545. The Morgan fingerprint density at radius 3 is 2.77 bits per heavy atom. The molecule has 1 aliphatic rings. The highest BCUT2D eigenvalue weighted by Crippen LogP contribution is 2.28. The van der Waals surface area contributed by atoms with Crippen LogP contribution in [0.5, 0.6) is 0 Å². The average molecular weight is 178 g/mol. The minimum atomic E-state index is 0.452. The Bertz CT molecular complexity index is 282. The summed E-state index contributed by atoms with van der Waals surface area (Å²) in [6.07, 6.45) is 7.11. The Labute approximate surface area is 77.9 Å². The first-order valence-electron chi connectivity index (χ1n) is 4.92. The van der Waals surface area contributed by atoms with Crippen LogP contribution in [-0.4, -0.2) is 6.29 Å². The standard InChI is InChI=1S/C11H14O2/c12-8-11-6-5-10(13-11)7-9-3-1-2-4-9/h5-6,8-9H,1-4,7H2. The Kier molecular flexibility index (Phi) is 2.48. The van der Waals surface area contributed by atoms with E-state index in [1.54, 1.807) is 6.07 Å².